The van der Waals surface area contributed by atoms with Crippen molar-refractivity contribution in [2.24, 2.45) is 5.92 Å². The monoisotopic (exact) mass is 470 g/mol. The number of tetrazole rings is 1. The molecule has 1 N–H and O–H groups in total. The van der Waals surface area contributed by atoms with E-state index >= 15 is 0 Å². The molecule has 0 radical (unpaired) electrons. The van der Waals surface area contributed by atoms with Gasteiger partial charge in [0, 0.05) is 30.8 Å². The largest absolute Gasteiger partial charge is 0.264 e. The van der Waals surface area contributed by atoms with Gasteiger partial charge in [-0.05, 0) is 40.3 Å². The Balaban J connectivity index is 1.34. The molecule has 3 heterocycles. The fraction of sp³-hybridized carbons (Fsp3) is 0.481. The SMILES string of the molecule is CCCCCc1nc(CC2CCCCC2)nn1Cc1ccc(-c2ccncc2-c2nn[nH]n2)cc1. The number of nitrogens with zero attached hydrogens (tertiary/aromatic N) is 7. The Bertz CT molecular complexity index is 1190. The molecule has 5 rings (SSSR count). The van der Waals surface area contributed by atoms with Gasteiger partial charge in [0.2, 0.25) is 5.82 Å². The number of aromatic amines is 1. The molecule has 0 atom stereocenters. The summed E-state index contributed by atoms with van der Waals surface area (Å²) < 4.78 is 2.14. The third-order valence-corrected chi connectivity index (χ3v) is 7.00. The summed E-state index contributed by atoms with van der Waals surface area (Å²) in [7, 11) is 0. The minimum Gasteiger partial charge on any atom is -0.264 e. The number of hydrogen-bond donors (Lipinski definition) is 1. The molecule has 0 amide bonds. The molecule has 0 bridgehead atoms. The lowest BCUT2D eigenvalue weighted by Gasteiger charge is -2.19. The van der Waals surface area contributed by atoms with Crippen LogP contribution in [0.5, 0.6) is 0 Å². The Labute approximate surface area is 206 Å². The number of aryl methyl sites for hydroxylation is 1. The smallest absolute Gasteiger partial charge is 0.206 e. The number of H-pyrrole nitrogens is 1. The second kappa shape index (κ2) is 11.3. The van der Waals surface area contributed by atoms with Crippen molar-refractivity contribution in [2.45, 2.75) is 77.7 Å². The average Bonchev–Trinajstić information content (AvgIpc) is 3.56. The molecule has 1 fully saturated rings. The molecule has 1 aliphatic rings. The minimum atomic E-state index is 0.544. The summed E-state index contributed by atoms with van der Waals surface area (Å²) in [5, 5.41) is 19.4. The van der Waals surface area contributed by atoms with Crippen LogP contribution in [0.1, 0.15) is 75.5 Å². The summed E-state index contributed by atoms with van der Waals surface area (Å²) in [5.74, 6) is 3.45. The first-order valence-electron chi connectivity index (χ1n) is 13.0. The van der Waals surface area contributed by atoms with Gasteiger partial charge in [0.15, 0.2) is 5.82 Å². The zero-order valence-corrected chi connectivity index (χ0v) is 20.5. The zero-order chi connectivity index (χ0) is 23.9. The van der Waals surface area contributed by atoms with Gasteiger partial charge in [0.25, 0.3) is 0 Å². The van der Waals surface area contributed by atoms with Crippen molar-refractivity contribution >= 4 is 0 Å². The van der Waals surface area contributed by atoms with E-state index in [1.54, 1.807) is 12.4 Å². The van der Waals surface area contributed by atoms with Crippen molar-refractivity contribution in [1.29, 1.82) is 0 Å². The third-order valence-electron chi connectivity index (χ3n) is 7.00. The molecule has 182 valence electrons. The molecule has 0 aliphatic heterocycles. The van der Waals surface area contributed by atoms with Crippen molar-refractivity contribution in [3.63, 3.8) is 0 Å². The maximum absolute atomic E-state index is 5.00. The van der Waals surface area contributed by atoms with Crippen LogP contribution in [0.2, 0.25) is 0 Å². The van der Waals surface area contributed by atoms with Gasteiger partial charge in [-0.15, -0.1) is 10.2 Å². The van der Waals surface area contributed by atoms with E-state index in [1.165, 1.54) is 50.5 Å². The van der Waals surface area contributed by atoms with Gasteiger partial charge < -0.3 is 0 Å². The number of benzene rings is 1. The number of pyridine rings is 1. The second-order valence-corrected chi connectivity index (χ2v) is 9.62. The first-order chi connectivity index (χ1) is 17.3. The minimum absolute atomic E-state index is 0.544. The van der Waals surface area contributed by atoms with Crippen LogP contribution in [0, 0.1) is 5.92 Å². The van der Waals surface area contributed by atoms with E-state index < -0.39 is 0 Å². The van der Waals surface area contributed by atoms with E-state index in [0.717, 1.165) is 60.1 Å². The van der Waals surface area contributed by atoms with Gasteiger partial charge in [-0.3, -0.25) is 4.98 Å². The topological polar surface area (TPSA) is 98.1 Å². The molecule has 0 unspecified atom stereocenters. The van der Waals surface area contributed by atoms with Crippen molar-refractivity contribution in [2.75, 3.05) is 0 Å². The second-order valence-electron chi connectivity index (χ2n) is 9.62. The third kappa shape index (κ3) is 5.81. The zero-order valence-electron chi connectivity index (χ0n) is 20.5. The van der Waals surface area contributed by atoms with E-state index in [1.807, 2.05) is 6.07 Å². The van der Waals surface area contributed by atoms with E-state index in [0.29, 0.717) is 5.82 Å². The van der Waals surface area contributed by atoms with Crippen molar-refractivity contribution < 1.29 is 0 Å². The molecule has 0 spiro atoms. The predicted octanol–water partition coefficient (Wildman–Crippen LogP) is 5.42. The predicted molar refractivity (Wildman–Crippen MR) is 135 cm³/mol. The lowest BCUT2D eigenvalue weighted by Crippen LogP contribution is -2.11. The number of nitrogens with one attached hydrogen (secondary N) is 1. The molecule has 8 nitrogen and oxygen atoms in total. The normalized spacial score (nSPS) is 14.4. The van der Waals surface area contributed by atoms with Crippen LogP contribution >= 0.6 is 0 Å². The maximum atomic E-state index is 5.00. The van der Waals surface area contributed by atoms with Gasteiger partial charge in [0.1, 0.15) is 5.82 Å². The molecule has 8 heteroatoms. The van der Waals surface area contributed by atoms with E-state index in [4.69, 9.17) is 10.1 Å². The molecule has 4 aromatic rings. The van der Waals surface area contributed by atoms with Crippen LogP contribution in [-0.2, 0) is 19.4 Å². The van der Waals surface area contributed by atoms with Gasteiger partial charge in [0.05, 0.1) is 6.54 Å². The fourth-order valence-electron chi connectivity index (χ4n) is 5.07. The summed E-state index contributed by atoms with van der Waals surface area (Å²) in [4.78, 5) is 9.24. The molecule has 1 aliphatic carbocycles. The van der Waals surface area contributed by atoms with Gasteiger partial charge in [-0.2, -0.15) is 10.3 Å². The van der Waals surface area contributed by atoms with Crippen molar-refractivity contribution in [3.05, 3.63) is 59.9 Å². The van der Waals surface area contributed by atoms with Gasteiger partial charge in [-0.1, -0.05) is 76.1 Å². The first kappa shape index (κ1) is 23.3. The standard InChI is InChI=1S/C27H34N8/c1-2-3-5-10-26-29-25(17-20-8-6-4-7-9-20)32-35(26)19-21-11-13-22(14-12-21)23-15-16-28-18-24(23)27-30-33-34-31-27/h11-16,18,20H,2-10,17,19H2,1H3,(H,30,31,33,34). The highest BCUT2D eigenvalue weighted by molar-refractivity contribution is 5.79. The molecule has 1 aromatic carbocycles. The first-order valence-corrected chi connectivity index (χ1v) is 13.0. The van der Waals surface area contributed by atoms with E-state index in [9.17, 15) is 0 Å². The van der Waals surface area contributed by atoms with Crippen LogP contribution in [0.4, 0.5) is 0 Å². The van der Waals surface area contributed by atoms with Crippen LogP contribution < -0.4 is 0 Å². The summed E-state index contributed by atoms with van der Waals surface area (Å²) in [5.41, 5.74) is 4.20. The maximum Gasteiger partial charge on any atom is 0.206 e. The Hall–Kier alpha value is -3.42. The Morgan fingerprint density at radius 2 is 1.86 bits per heavy atom. The Morgan fingerprint density at radius 3 is 2.63 bits per heavy atom. The Kier molecular flexibility index (Phi) is 7.56. The van der Waals surface area contributed by atoms with Crippen LogP contribution in [0.15, 0.2) is 42.7 Å². The molecular formula is C27H34N8. The highest BCUT2D eigenvalue weighted by Crippen LogP contribution is 2.29. The molecular weight excluding hydrogens is 436 g/mol. The number of hydrogen-bond acceptors (Lipinski definition) is 6. The van der Waals surface area contributed by atoms with Crippen LogP contribution in [0.25, 0.3) is 22.5 Å². The van der Waals surface area contributed by atoms with Crippen LogP contribution in [0.3, 0.4) is 0 Å². The van der Waals surface area contributed by atoms with Crippen molar-refractivity contribution in [1.82, 2.24) is 40.4 Å². The van der Waals surface area contributed by atoms with Gasteiger partial charge >= 0.3 is 0 Å². The summed E-state index contributed by atoms with van der Waals surface area (Å²) in [6.45, 7) is 2.99. The van der Waals surface area contributed by atoms with E-state index in [-0.39, 0.29) is 0 Å². The quantitative estimate of drug-likeness (QED) is 0.311. The molecule has 0 saturated heterocycles. The summed E-state index contributed by atoms with van der Waals surface area (Å²) in [6, 6.07) is 10.6. The molecule has 35 heavy (non-hydrogen) atoms. The van der Waals surface area contributed by atoms with E-state index in [2.05, 4.69) is 61.5 Å². The number of rotatable bonds is 10. The fourth-order valence-corrected chi connectivity index (χ4v) is 5.07. The molecule has 1 saturated carbocycles. The lowest BCUT2D eigenvalue weighted by atomic mass is 9.87. The summed E-state index contributed by atoms with van der Waals surface area (Å²) in [6.07, 6.45) is 15.9. The van der Waals surface area contributed by atoms with Crippen LogP contribution in [-0.4, -0.2) is 40.4 Å². The highest BCUT2D eigenvalue weighted by Gasteiger charge is 2.18. The summed E-state index contributed by atoms with van der Waals surface area (Å²) >= 11 is 0. The number of unbranched alkanes of at least 4 members (excludes halogenated alkanes) is 2. The lowest BCUT2D eigenvalue weighted by molar-refractivity contribution is 0.351. The molecule has 3 aromatic heterocycles. The average molecular weight is 471 g/mol. The Morgan fingerprint density at radius 1 is 1.00 bits per heavy atom. The number of aromatic nitrogens is 8. The van der Waals surface area contributed by atoms with Crippen molar-refractivity contribution in [3.8, 4) is 22.5 Å². The highest BCUT2D eigenvalue weighted by atomic mass is 15.5. The van der Waals surface area contributed by atoms with Gasteiger partial charge in [-0.25, -0.2) is 9.67 Å².